The maximum absolute atomic E-state index is 13.5. The lowest BCUT2D eigenvalue weighted by atomic mass is 9.96. The van der Waals surface area contributed by atoms with Crippen molar-refractivity contribution < 1.29 is 19.2 Å². The van der Waals surface area contributed by atoms with Gasteiger partial charge < -0.3 is 9.30 Å². The number of carbonyl (C=O) groups excluding carboxylic acids is 2. The zero-order chi connectivity index (χ0) is 29.3. The van der Waals surface area contributed by atoms with E-state index in [2.05, 4.69) is 10.3 Å². The number of hydrogen-bond donors (Lipinski definition) is 1. The lowest BCUT2D eigenvalue weighted by Crippen LogP contribution is -2.32. The van der Waals surface area contributed by atoms with Gasteiger partial charge in [0.15, 0.2) is 11.2 Å². The van der Waals surface area contributed by atoms with Crippen LogP contribution in [0, 0.1) is 17.0 Å². The number of nitrogens with zero attached hydrogens (tertiary/aromatic N) is 3. The van der Waals surface area contributed by atoms with E-state index in [9.17, 15) is 24.5 Å². The van der Waals surface area contributed by atoms with Crippen molar-refractivity contribution in [1.82, 2.24) is 9.55 Å². The zero-order valence-corrected chi connectivity index (χ0v) is 23.1. The molecule has 1 amide bonds. The number of nitrogens with one attached hydrogen (secondary N) is 1. The standard InChI is InChI=1S/C30H24N4O6S/c1-17-11-13-19(14-12-17)25-22-9-4-5-10-23(22)28(36)33(3)26(25)29(37)40-18(2)27(35)32-30-31-24(16-41-30)20-7-6-8-21(15-20)34(38)39/h4-16,18H,1-3H3,(H,31,32,35). The van der Waals surface area contributed by atoms with Crippen LogP contribution in [0.15, 0.2) is 83.0 Å². The van der Waals surface area contributed by atoms with Crippen molar-refractivity contribution in [2.45, 2.75) is 20.0 Å². The third-order valence-electron chi connectivity index (χ3n) is 6.58. The van der Waals surface area contributed by atoms with Gasteiger partial charge in [-0.1, -0.05) is 60.2 Å². The van der Waals surface area contributed by atoms with Gasteiger partial charge in [0.2, 0.25) is 0 Å². The van der Waals surface area contributed by atoms with Crippen molar-refractivity contribution in [3.63, 3.8) is 0 Å². The first-order chi connectivity index (χ1) is 19.6. The molecule has 2 heterocycles. The van der Waals surface area contributed by atoms with Gasteiger partial charge >= 0.3 is 5.97 Å². The van der Waals surface area contributed by atoms with Crippen LogP contribution >= 0.6 is 11.3 Å². The summed E-state index contributed by atoms with van der Waals surface area (Å²) in [4.78, 5) is 54.6. The maximum Gasteiger partial charge on any atom is 0.356 e. The molecule has 0 saturated carbocycles. The first kappa shape index (κ1) is 27.4. The average molecular weight is 569 g/mol. The third kappa shape index (κ3) is 5.48. The number of nitro groups is 1. The molecule has 1 unspecified atom stereocenters. The van der Waals surface area contributed by atoms with Gasteiger partial charge in [0.1, 0.15) is 5.69 Å². The predicted molar refractivity (Wildman–Crippen MR) is 157 cm³/mol. The highest BCUT2D eigenvalue weighted by Gasteiger charge is 2.27. The molecule has 1 N–H and O–H groups in total. The van der Waals surface area contributed by atoms with Gasteiger partial charge in [-0.3, -0.25) is 25.0 Å². The van der Waals surface area contributed by atoms with Crippen LogP contribution in [-0.4, -0.2) is 32.5 Å². The maximum atomic E-state index is 13.5. The fraction of sp³-hybridized carbons (Fsp3) is 0.133. The highest BCUT2D eigenvalue weighted by atomic mass is 32.1. The minimum atomic E-state index is -1.22. The van der Waals surface area contributed by atoms with Crippen molar-refractivity contribution in [1.29, 1.82) is 0 Å². The fourth-order valence-electron chi connectivity index (χ4n) is 4.44. The van der Waals surface area contributed by atoms with Crippen LogP contribution in [-0.2, 0) is 16.6 Å². The molecule has 41 heavy (non-hydrogen) atoms. The van der Waals surface area contributed by atoms with E-state index in [1.54, 1.807) is 41.8 Å². The molecule has 206 valence electrons. The number of thiazole rings is 1. The van der Waals surface area contributed by atoms with Gasteiger partial charge in [-0.2, -0.15) is 0 Å². The number of non-ortho nitro benzene ring substituents is 1. The quantitative estimate of drug-likeness (QED) is 0.151. The second-order valence-electron chi connectivity index (χ2n) is 9.38. The molecule has 11 heteroatoms. The molecule has 0 aliphatic rings. The van der Waals surface area contributed by atoms with Gasteiger partial charge in [0.25, 0.3) is 17.2 Å². The number of aromatic nitrogens is 2. The number of pyridine rings is 1. The van der Waals surface area contributed by atoms with Crippen LogP contribution in [0.3, 0.4) is 0 Å². The molecule has 0 bridgehead atoms. The van der Waals surface area contributed by atoms with Crippen LogP contribution in [0.4, 0.5) is 10.8 Å². The topological polar surface area (TPSA) is 133 Å². The summed E-state index contributed by atoms with van der Waals surface area (Å²) >= 11 is 1.13. The molecule has 5 rings (SSSR count). The van der Waals surface area contributed by atoms with Crippen molar-refractivity contribution in [2.24, 2.45) is 7.05 Å². The van der Waals surface area contributed by atoms with Crippen molar-refractivity contribution in [2.75, 3.05) is 5.32 Å². The first-order valence-electron chi connectivity index (χ1n) is 12.5. The van der Waals surface area contributed by atoms with Crippen LogP contribution in [0.2, 0.25) is 0 Å². The summed E-state index contributed by atoms with van der Waals surface area (Å²) in [5.74, 6) is -1.45. The molecule has 2 aromatic heterocycles. The lowest BCUT2D eigenvalue weighted by Gasteiger charge is -2.19. The number of aryl methyl sites for hydroxylation is 1. The number of nitro benzene ring substituents is 1. The summed E-state index contributed by atoms with van der Waals surface area (Å²) in [5, 5.41) is 16.7. The smallest absolute Gasteiger partial charge is 0.356 e. The summed E-state index contributed by atoms with van der Waals surface area (Å²) in [5.41, 5.74) is 2.85. The van der Waals surface area contributed by atoms with Crippen LogP contribution < -0.4 is 10.9 Å². The summed E-state index contributed by atoms with van der Waals surface area (Å²) in [6.45, 7) is 3.38. The van der Waals surface area contributed by atoms with E-state index >= 15 is 0 Å². The number of esters is 1. The molecule has 0 aliphatic heterocycles. The molecule has 0 fully saturated rings. The zero-order valence-electron chi connectivity index (χ0n) is 22.3. The second-order valence-corrected chi connectivity index (χ2v) is 10.2. The number of hydrogen-bond acceptors (Lipinski definition) is 8. The Morgan fingerprint density at radius 2 is 1.73 bits per heavy atom. The summed E-state index contributed by atoms with van der Waals surface area (Å²) in [7, 11) is 1.50. The monoisotopic (exact) mass is 568 g/mol. The van der Waals surface area contributed by atoms with E-state index in [-0.39, 0.29) is 22.1 Å². The molecular weight excluding hydrogens is 544 g/mol. The van der Waals surface area contributed by atoms with Gasteiger partial charge in [0.05, 0.1) is 10.6 Å². The number of amides is 1. The SMILES string of the molecule is Cc1ccc(-c2c(C(=O)OC(C)C(=O)Nc3nc(-c4cccc([N+](=O)[O-])c4)cs3)n(C)c(=O)c3ccccc23)cc1. The molecular formula is C30H24N4O6S. The molecule has 0 spiro atoms. The van der Waals surface area contributed by atoms with E-state index in [1.165, 1.54) is 30.7 Å². The number of ether oxygens (including phenoxy) is 1. The van der Waals surface area contributed by atoms with Crippen molar-refractivity contribution in [3.8, 4) is 22.4 Å². The average Bonchev–Trinajstić information content (AvgIpc) is 3.43. The molecule has 0 aliphatic carbocycles. The molecule has 0 radical (unpaired) electrons. The highest BCUT2D eigenvalue weighted by Crippen LogP contribution is 2.32. The Balaban J connectivity index is 1.41. The fourth-order valence-corrected chi connectivity index (χ4v) is 5.16. The number of carbonyl (C=O) groups is 2. The first-order valence-corrected chi connectivity index (χ1v) is 13.4. The minimum Gasteiger partial charge on any atom is -0.448 e. The minimum absolute atomic E-state index is 0.0272. The Morgan fingerprint density at radius 1 is 1.02 bits per heavy atom. The Bertz CT molecular complexity index is 1880. The van der Waals surface area contributed by atoms with E-state index in [4.69, 9.17) is 4.74 Å². The largest absolute Gasteiger partial charge is 0.448 e. The third-order valence-corrected chi connectivity index (χ3v) is 7.34. The lowest BCUT2D eigenvalue weighted by molar-refractivity contribution is -0.384. The number of benzene rings is 3. The summed E-state index contributed by atoms with van der Waals surface area (Å²) in [6.07, 6.45) is -1.22. The Morgan fingerprint density at radius 3 is 2.44 bits per heavy atom. The van der Waals surface area contributed by atoms with Gasteiger partial charge in [0, 0.05) is 41.1 Å². The predicted octanol–water partition coefficient (Wildman–Crippen LogP) is 5.73. The second kappa shape index (κ2) is 11.1. The summed E-state index contributed by atoms with van der Waals surface area (Å²) < 4.78 is 6.81. The summed E-state index contributed by atoms with van der Waals surface area (Å²) in [6, 6.07) is 20.6. The Kier molecular flexibility index (Phi) is 7.45. The Labute approximate surface area is 238 Å². The van der Waals surface area contributed by atoms with E-state index in [0.29, 0.717) is 27.6 Å². The van der Waals surface area contributed by atoms with E-state index < -0.39 is 22.9 Å². The molecule has 10 nitrogen and oxygen atoms in total. The van der Waals surface area contributed by atoms with Gasteiger partial charge in [-0.15, -0.1) is 11.3 Å². The number of anilines is 1. The Hall–Kier alpha value is -5.16. The van der Waals surface area contributed by atoms with Crippen LogP contribution in [0.25, 0.3) is 33.2 Å². The van der Waals surface area contributed by atoms with Gasteiger partial charge in [-0.25, -0.2) is 9.78 Å². The van der Waals surface area contributed by atoms with Crippen LogP contribution in [0.5, 0.6) is 0 Å². The molecule has 3 aromatic carbocycles. The molecule has 5 aromatic rings. The van der Waals surface area contributed by atoms with Gasteiger partial charge in [-0.05, 0) is 30.9 Å². The van der Waals surface area contributed by atoms with Crippen molar-refractivity contribution >= 4 is 44.8 Å². The van der Waals surface area contributed by atoms with Crippen molar-refractivity contribution in [3.05, 3.63) is 110 Å². The molecule has 0 saturated heterocycles. The van der Waals surface area contributed by atoms with E-state index in [1.807, 2.05) is 31.2 Å². The molecule has 1 atom stereocenters. The van der Waals surface area contributed by atoms with Crippen LogP contribution in [0.1, 0.15) is 23.0 Å². The normalized spacial score (nSPS) is 11.7. The number of rotatable bonds is 7. The van der Waals surface area contributed by atoms with E-state index in [0.717, 1.165) is 22.5 Å². The number of fused-ring (bicyclic) bond motifs is 1. The highest BCUT2D eigenvalue weighted by molar-refractivity contribution is 7.14.